The van der Waals surface area contributed by atoms with Crippen molar-refractivity contribution in [2.24, 2.45) is 0 Å². The van der Waals surface area contributed by atoms with Gasteiger partial charge in [-0.25, -0.2) is 0 Å². The number of carbonyl (C=O) groups excluding carboxylic acids is 1. The van der Waals surface area contributed by atoms with E-state index in [9.17, 15) is 4.79 Å². The number of aromatic nitrogens is 2. The van der Waals surface area contributed by atoms with E-state index in [4.69, 9.17) is 14.0 Å². The van der Waals surface area contributed by atoms with E-state index in [1.807, 2.05) is 38.1 Å². The summed E-state index contributed by atoms with van der Waals surface area (Å²) in [6, 6.07) is 7.28. The third kappa shape index (κ3) is 4.29. The Morgan fingerprint density at radius 2 is 2.05 bits per heavy atom. The van der Waals surface area contributed by atoms with E-state index in [-0.39, 0.29) is 12.0 Å². The maximum Gasteiger partial charge on any atom is 0.316 e. The van der Waals surface area contributed by atoms with Gasteiger partial charge < -0.3 is 19.3 Å². The van der Waals surface area contributed by atoms with Gasteiger partial charge in [0.05, 0.1) is 12.7 Å². The van der Waals surface area contributed by atoms with E-state index in [0.717, 1.165) is 11.3 Å². The minimum atomic E-state index is -0.421. The predicted octanol–water partition coefficient (Wildman–Crippen LogP) is 1.90. The Morgan fingerprint density at radius 3 is 2.68 bits per heavy atom. The number of carbonyl (C=O) groups is 1. The summed E-state index contributed by atoms with van der Waals surface area (Å²) >= 11 is 0. The second kappa shape index (κ2) is 7.56. The van der Waals surface area contributed by atoms with Gasteiger partial charge in [-0.05, 0) is 38.1 Å². The first kappa shape index (κ1) is 16.0. The van der Waals surface area contributed by atoms with E-state index >= 15 is 0 Å². The van der Waals surface area contributed by atoms with Crippen LogP contribution in [-0.2, 0) is 4.74 Å². The van der Waals surface area contributed by atoms with Crippen molar-refractivity contribution in [1.29, 1.82) is 0 Å². The van der Waals surface area contributed by atoms with Crippen molar-refractivity contribution < 1.29 is 18.8 Å². The Hall–Kier alpha value is -2.41. The Balaban J connectivity index is 2.03. The zero-order valence-corrected chi connectivity index (χ0v) is 12.8. The first-order valence-corrected chi connectivity index (χ1v) is 6.98. The van der Waals surface area contributed by atoms with Crippen LogP contribution in [0.5, 0.6) is 5.75 Å². The molecule has 0 aliphatic heterocycles. The first-order chi connectivity index (χ1) is 10.6. The van der Waals surface area contributed by atoms with Gasteiger partial charge >= 0.3 is 11.8 Å². The molecule has 2 aromatic rings. The van der Waals surface area contributed by atoms with Crippen LogP contribution in [0, 0.1) is 0 Å². The largest absolute Gasteiger partial charge is 0.491 e. The summed E-state index contributed by atoms with van der Waals surface area (Å²) in [7, 11) is 1.56. The SMILES string of the molecule is COCCNC(=O)c1nc(-c2ccc(OC(C)C)cc2)no1. The maximum atomic E-state index is 11.8. The number of hydrogen-bond donors (Lipinski definition) is 1. The van der Waals surface area contributed by atoms with E-state index in [1.165, 1.54) is 0 Å². The van der Waals surface area contributed by atoms with Gasteiger partial charge in [0, 0.05) is 19.2 Å². The predicted molar refractivity (Wildman–Crippen MR) is 79.7 cm³/mol. The molecule has 1 aromatic carbocycles. The van der Waals surface area contributed by atoms with Crippen molar-refractivity contribution in [1.82, 2.24) is 15.5 Å². The number of nitrogens with one attached hydrogen (secondary N) is 1. The lowest BCUT2D eigenvalue weighted by Gasteiger charge is -2.09. The third-order valence-electron chi connectivity index (χ3n) is 2.70. The second-order valence-corrected chi connectivity index (χ2v) is 4.86. The molecular formula is C15H19N3O4. The molecule has 0 radical (unpaired) electrons. The monoisotopic (exact) mass is 305 g/mol. The highest BCUT2D eigenvalue weighted by molar-refractivity contribution is 5.89. The van der Waals surface area contributed by atoms with Gasteiger partial charge in [0.25, 0.3) is 0 Å². The number of rotatable bonds is 7. The summed E-state index contributed by atoms with van der Waals surface area (Å²) in [5.41, 5.74) is 0.746. The number of benzene rings is 1. The molecule has 0 saturated carbocycles. The fourth-order valence-electron chi connectivity index (χ4n) is 1.73. The molecule has 0 bridgehead atoms. The van der Waals surface area contributed by atoms with Crippen LogP contribution in [0.4, 0.5) is 0 Å². The highest BCUT2D eigenvalue weighted by Gasteiger charge is 2.15. The Bertz CT molecular complexity index is 608. The summed E-state index contributed by atoms with van der Waals surface area (Å²) in [6.07, 6.45) is 0.110. The molecule has 0 spiro atoms. The lowest BCUT2D eigenvalue weighted by molar-refractivity contribution is 0.0893. The second-order valence-electron chi connectivity index (χ2n) is 4.86. The first-order valence-electron chi connectivity index (χ1n) is 6.98. The lowest BCUT2D eigenvalue weighted by Crippen LogP contribution is -2.27. The molecule has 118 valence electrons. The molecule has 1 N–H and O–H groups in total. The Morgan fingerprint density at radius 1 is 1.32 bits per heavy atom. The summed E-state index contributed by atoms with van der Waals surface area (Å²) in [5.74, 6) is 0.622. The van der Waals surface area contributed by atoms with E-state index in [1.54, 1.807) is 7.11 Å². The minimum Gasteiger partial charge on any atom is -0.491 e. The topological polar surface area (TPSA) is 86.5 Å². The number of hydrogen-bond acceptors (Lipinski definition) is 6. The van der Waals surface area contributed by atoms with Crippen LogP contribution in [0.3, 0.4) is 0 Å². The van der Waals surface area contributed by atoms with Crippen molar-refractivity contribution in [3.63, 3.8) is 0 Å². The average molecular weight is 305 g/mol. The van der Waals surface area contributed by atoms with Crippen molar-refractivity contribution in [3.8, 4) is 17.1 Å². The van der Waals surface area contributed by atoms with E-state index in [0.29, 0.717) is 19.0 Å². The van der Waals surface area contributed by atoms with Crippen LogP contribution in [0.25, 0.3) is 11.4 Å². The van der Waals surface area contributed by atoms with Gasteiger partial charge in [-0.1, -0.05) is 5.16 Å². The third-order valence-corrected chi connectivity index (χ3v) is 2.70. The van der Waals surface area contributed by atoms with E-state index in [2.05, 4.69) is 15.5 Å². The quantitative estimate of drug-likeness (QED) is 0.786. The maximum absolute atomic E-state index is 11.8. The van der Waals surface area contributed by atoms with Gasteiger partial charge in [-0.15, -0.1) is 0 Å². The average Bonchev–Trinajstić information content (AvgIpc) is 2.97. The smallest absolute Gasteiger partial charge is 0.316 e. The molecule has 7 heteroatoms. The van der Waals surface area contributed by atoms with Crippen LogP contribution < -0.4 is 10.1 Å². The van der Waals surface area contributed by atoms with Gasteiger partial charge in [-0.3, -0.25) is 4.79 Å². The molecule has 0 atom stereocenters. The number of methoxy groups -OCH3 is 1. The van der Waals surface area contributed by atoms with Gasteiger partial charge in [0.15, 0.2) is 0 Å². The molecule has 1 amide bonds. The molecule has 1 heterocycles. The number of nitrogens with zero attached hydrogens (tertiary/aromatic N) is 2. The van der Waals surface area contributed by atoms with Crippen molar-refractivity contribution in [2.75, 3.05) is 20.3 Å². The summed E-state index contributed by atoms with van der Waals surface area (Å²) in [6.45, 7) is 4.72. The molecule has 7 nitrogen and oxygen atoms in total. The summed E-state index contributed by atoms with van der Waals surface area (Å²) in [5, 5.41) is 6.42. The Kier molecular flexibility index (Phi) is 5.48. The van der Waals surface area contributed by atoms with E-state index < -0.39 is 5.91 Å². The summed E-state index contributed by atoms with van der Waals surface area (Å²) in [4.78, 5) is 15.8. The zero-order valence-electron chi connectivity index (χ0n) is 12.8. The lowest BCUT2D eigenvalue weighted by atomic mass is 10.2. The highest BCUT2D eigenvalue weighted by Crippen LogP contribution is 2.20. The van der Waals surface area contributed by atoms with Gasteiger partial charge in [0.1, 0.15) is 5.75 Å². The minimum absolute atomic E-state index is 0.0754. The molecular weight excluding hydrogens is 286 g/mol. The van der Waals surface area contributed by atoms with Gasteiger partial charge in [0.2, 0.25) is 5.82 Å². The van der Waals surface area contributed by atoms with Crippen molar-refractivity contribution >= 4 is 5.91 Å². The molecule has 0 saturated heterocycles. The molecule has 2 rings (SSSR count). The highest BCUT2D eigenvalue weighted by atomic mass is 16.5. The van der Waals surface area contributed by atoms with Crippen molar-refractivity contribution in [2.45, 2.75) is 20.0 Å². The Labute approximate surface area is 128 Å². The molecule has 1 aromatic heterocycles. The zero-order chi connectivity index (χ0) is 15.9. The molecule has 22 heavy (non-hydrogen) atoms. The normalized spacial score (nSPS) is 10.7. The van der Waals surface area contributed by atoms with Gasteiger partial charge in [-0.2, -0.15) is 4.98 Å². The fourth-order valence-corrected chi connectivity index (χ4v) is 1.73. The fraction of sp³-hybridized carbons (Fsp3) is 0.400. The molecule has 0 unspecified atom stereocenters. The molecule has 0 aliphatic carbocycles. The van der Waals surface area contributed by atoms with Crippen LogP contribution >= 0.6 is 0 Å². The molecule has 0 aliphatic rings. The van der Waals surface area contributed by atoms with Crippen molar-refractivity contribution in [3.05, 3.63) is 30.2 Å². The number of ether oxygens (including phenoxy) is 2. The summed E-state index contributed by atoms with van der Waals surface area (Å²) < 4.78 is 15.4. The number of amides is 1. The van der Waals surface area contributed by atoms with Crippen LogP contribution in [-0.4, -0.2) is 42.4 Å². The van der Waals surface area contributed by atoms with Crippen LogP contribution in [0.1, 0.15) is 24.5 Å². The standard InChI is InChI=1S/C15H19N3O4/c1-10(2)21-12-6-4-11(5-7-12)13-17-15(22-18-13)14(19)16-8-9-20-3/h4-7,10H,8-9H2,1-3H3,(H,16,19). The van der Waals surface area contributed by atoms with Crippen LogP contribution in [0.15, 0.2) is 28.8 Å². The van der Waals surface area contributed by atoms with Crippen LogP contribution in [0.2, 0.25) is 0 Å². The molecule has 0 fully saturated rings.